The lowest BCUT2D eigenvalue weighted by atomic mass is 9.43. The molecule has 7 atom stereocenters. The number of carbonyl (C=O) groups excluding carboxylic acids is 3. The summed E-state index contributed by atoms with van der Waals surface area (Å²) in [5.41, 5.74) is 1.01. The summed E-state index contributed by atoms with van der Waals surface area (Å²) in [4.78, 5) is 37.2. The Morgan fingerprint density at radius 2 is 1.75 bits per heavy atom. The van der Waals surface area contributed by atoms with Crippen molar-refractivity contribution in [2.45, 2.75) is 86.0 Å². The molecule has 3 nitrogen and oxygen atoms in total. The molecule has 3 fully saturated rings. The van der Waals surface area contributed by atoms with Gasteiger partial charge in [-0.15, -0.1) is 0 Å². The van der Waals surface area contributed by atoms with Gasteiger partial charge in [-0.3, -0.25) is 14.4 Å². The minimum Gasteiger partial charge on any atom is -0.300 e. The number of rotatable bonds is 3. The second kappa shape index (κ2) is 6.37. The predicted octanol–water partition coefficient (Wildman–Crippen LogP) is 5.32. The molecule has 0 unspecified atom stereocenters. The number of Topliss-reactive ketones (excluding diaryl/α,β-unsaturated/α-hetero) is 2. The Morgan fingerprint density at radius 1 is 1.07 bits per heavy atom. The first kappa shape index (κ1) is 20.0. The Hall–Kier alpha value is -1.25. The van der Waals surface area contributed by atoms with Gasteiger partial charge in [-0.1, -0.05) is 26.3 Å². The first-order chi connectivity index (χ1) is 13.0. The molecule has 154 valence electrons. The third-order valence-electron chi connectivity index (χ3n) is 9.87. The van der Waals surface area contributed by atoms with Gasteiger partial charge in [0.2, 0.25) is 0 Å². The van der Waals surface area contributed by atoms with Gasteiger partial charge in [0.1, 0.15) is 11.6 Å². The van der Waals surface area contributed by atoms with Crippen molar-refractivity contribution in [2.75, 3.05) is 0 Å². The summed E-state index contributed by atoms with van der Waals surface area (Å²) in [6, 6.07) is 0. The molecule has 0 aliphatic heterocycles. The second-order valence-corrected chi connectivity index (χ2v) is 11.0. The standard InChI is InChI=1S/C25H36O3/c1-15-12-19-20(23(4)9-6-18(28)13-22(15)23)7-10-24(5)21(19)8-11-25(24,17(3)27)14-16(2)26/h13,15,19-21H,6-12,14H2,1-5H3/t15-,19+,20-,21-,23+,24-,25-/m0/s1. The van der Waals surface area contributed by atoms with Crippen LogP contribution in [0.15, 0.2) is 11.6 Å². The average molecular weight is 385 g/mol. The zero-order chi connectivity index (χ0) is 20.5. The molecule has 0 aromatic rings. The topological polar surface area (TPSA) is 51.2 Å². The summed E-state index contributed by atoms with van der Waals surface area (Å²) < 4.78 is 0. The number of fused-ring (bicyclic) bond motifs is 5. The highest BCUT2D eigenvalue weighted by Crippen LogP contribution is 2.71. The van der Waals surface area contributed by atoms with E-state index in [9.17, 15) is 14.4 Å². The van der Waals surface area contributed by atoms with Gasteiger partial charge in [0.25, 0.3) is 0 Å². The number of allylic oxidation sites excluding steroid dienone is 1. The number of ketones is 3. The van der Waals surface area contributed by atoms with E-state index >= 15 is 0 Å². The quantitative estimate of drug-likeness (QED) is 0.662. The highest BCUT2D eigenvalue weighted by molar-refractivity contribution is 5.92. The van der Waals surface area contributed by atoms with Gasteiger partial charge < -0.3 is 0 Å². The molecule has 0 amide bonds. The van der Waals surface area contributed by atoms with Crippen molar-refractivity contribution >= 4 is 17.3 Å². The highest BCUT2D eigenvalue weighted by Gasteiger charge is 2.66. The lowest BCUT2D eigenvalue weighted by Crippen LogP contribution is -2.55. The van der Waals surface area contributed by atoms with E-state index in [-0.39, 0.29) is 22.4 Å². The average Bonchev–Trinajstić information content (AvgIpc) is 2.90. The van der Waals surface area contributed by atoms with Crippen molar-refractivity contribution in [3.8, 4) is 0 Å². The summed E-state index contributed by atoms with van der Waals surface area (Å²) in [6.45, 7) is 10.4. The van der Waals surface area contributed by atoms with Gasteiger partial charge in [-0.25, -0.2) is 0 Å². The molecule has 0 aromatic carbocycles. The Morgan fingerprint density at radius 3 is 2.39 bits per heavy atom. The van der Waals surface area contributed by atoms with Crippen molar-refractivity contribution in [3.05, 3.63) is 11.6 Å². The molecule has 4 rings (SSSR count). The molecular weight excluding hydrogens is 348 g/mol. The Kier molecular flexibility index (Phi) is 4.56. The first-order valence-electron chi connectivity index (χ1n) is 11.3. The Bertz CT molecular complexity index is 764. The summed E-state index contributed by atoms with van der Waals surface area (Å²) in [7, 11) is 0. The van der Waals surface area contributed by atoms with E-state index in [1.54, 1.807) is 13.8 Å². The third kappa shape index (κ3) is 2.50. The maximum Gasteiger partial charge on any atom is 0.155 e. The van der Waals surface area contributed by atoms with E-state index in [0.717, 1.165) is 38.5 Å². The Balaban J connectivity index is 1.73. The van der Waals surface area contributed by atoms with Gasteiger partial charge in [-0.2, -0.15) is 0 Å². The monoisotopic (exact) mass is 384 g/mol. The van der Waals surface area contributed by atoms with E-state index < -0.39 is 5.41 Å². The number of carbonyl (C=O) groups is 3. The zero-order valence-electron chi connectivity index (χ0n) is 18.3. The van der Waals surface area contributed by atoms with Crippen LogP contribution in [0.1, 0.15) is 86.0 Å². The molecule has 0 spiro atoms. The normalized spacial score (nSPS) is 47.6. The maximum atomic E-state index is 12.9. The fourth-order valence-electron chi connectivity index (χ4n) is 8.54. The van der Waals surface area contributed by atoms with Crippen LogP contribution in [0.25, 0.3) is 0 Å². The van der Waals surface area contributed by atoms with Crippen LogP contribution < -0.4 is 0 Å². The molecular formula is C25H36O3. The van der Waals surface area contributed by atoms with Gasteiger partial charge >= 0.3 is 0 Å². The predicted molar refractivity (Wildman–Crippen MR) is 110 cm³/mol. The molecule has 0 bridgehead atoms. The van der Waals surface area contributed by atoms with E-state index in [4.69, 9.17) is 0 Å². The van der Waals surface area contributed by atoms with E-state index in [0.29, 0.717) is 42.3 Å². The fourth-order valence-corrected chi connectivity index (χ4v) is 8.54. The van der Waals surface area contributed by atoms with Crippen molar-refractivity contribution in [1.82, 2.24) is 0 Å². The molecule has 0 aromatic heterocycles. The largest absolute Gasteiger partial charge is 0.300 e. The molecule has 4 aliphatic rings. The van der Waals surface area contributed by atoms with Crippen LogP contribution in [-0.4, -0.2) is 17.3 Å². The van der Waals surface area contributed by atoms with E-state index in [2.05, 4.69) is 20.8 Å². The molecule has 28 heavy (non-hydrogen) atoms. The van der Waals surface area contributed by atoms with Gasteiger partial charge in [0.05, 0.1) is 0 Å². The van der Waals surface area contributed by atoms with Crippen LogP contribution in [0.3, 0.4) is 0 Å². The molecule has 3 saturated carbocycles. The first-order valence-corrected chi connectivity index (χ1v) is 11.3. The summed E-state index contributed by atoms with van der Waals surface area (Å²) in [5, 5.41) is 0. The Labute approximate surface area is 169 Å². The molecule has 0 N–H and O–H groups in total. The zero-order valence-corrected chi connectivity index (χ0v) is 18.3. The van der Waals surface area contributed by atoms with Crippen molar-refractivity contribution in [3.63, 3.8) is 0 Å². The molecule has 0 heterocycles. The van der Waals surface area contributed by atoms with Gasteiger partial charge in [0.15, 0.2) is 5.78 Å². The second-order valence-electron chi connectivity index (χ2n) is 11.0. The van der Waals surface area contributed by atoms with Crippen LogP contribution in [0.5, 0.6) is 0 Å². The smallest absolute Gasteiger partial charge is 0.155 e. The lowest BCUT2D eigenvalue weighted by Gasteiger charge is -2.61. The van der Waals surface area contributed by atoms with Crippen LogP contribution in [0, 0.1) is 39.9 Å². The number of hydrogen-bond donors (Lipinski definition) is 0. The van der Waals surface area contributed by atoms with Crippen molar-refractivity contribution in [2.24, 2.45) is 39.9 Å². The van der Waals surface area contributed by atoms with Crippen molar-refractivity contribution in [1.29, 1.82) is 0 Å². The lowest BCUT2D eigenvalue weighted by molar-refractivity contribution is -0.147. The van der Waals surface area contributed by atoms with E-state index in [1.807, 2.05) is 6.08 Å². The number of hydrogen-bond acceptors (Lipinski definition) is 3. The molecule has 4 aliphatic carbocycles. The van der Waals surface area contributed by atoms with Gasteiger partial charge in [0, 0.05) is 18.3 Å². The SMILES string of the molecule is CC(=O)C[C@]1(C(C)=O)CC[C@H]2[C@@H]3C[C@H](C)C4=CC(=O)CC[C@]4(C)[C@H]3CC[C@@]21C. The summed E-state index contributed by atoms with van der Waals surface area (Å²) >= 11 is 0. The van der Waals surface area contributed by atoms with Crippen molar-refractivity contribution < 1.29 is 14.4 Å². The summed E-state index contributed by atoms with van der Waals surface area (Å²) in [5.74, 6) is 2.87. The fraction of sp³-hybridized carbons (Fsp3) is 0.800. The minimum absolute atomic E-state index is 0.0620. The highest BCUT2D eigenvalue weighted by atomic mass is 16.1. The summed E-state index contributed by atoms with van der Waals surface area (Å²) in [6.07, 6.45) is 9.30. The molecule has 0 saturated heterocycles. The molecule has 3 heteroatoms. The van der Waals surface area contributed by atoms with Crippen LogP contribution >= 0.6 is 0 Å². The minimum atomic E-state index is -0.461. The van der Waals surface area contributed by atoms with Crippen LogP contribution in [0.2, 0.25) is 0 Å². The third-order valence-corrected chi connectivity index (χ3v) is 9.87. The van der Waals surface area contributed by atoms with E-state index in [1.165, 1.54) is 5.57 Å². The van der Waals surface area contributed by atoms with Gasteiger partial charge in [-0.05, 0) is 93.0 Å². The molecule has 0 radical (unpaired) electrons. The maximum absolute atomic E-state index is 12.9. The van der Waals surface area contributed by atoms with Crippen LogP contribution in [-0.2, 0) is 14.4 Å². The van der Waals surface area contributed by atoms with Crippen LogP contribution in [0.4, 0.5) is 0 Å².